The first-order chi connectivity index (χ1) is 14.5. The Bertz CT molecular complexity index is 1270. The van der Waals surface area contributed by atoms with Gasteiger partial charge in [-0.2, -0.15) is 0 Å². The third-order valence-corrected chi connectivity index (χ3v) is 5.61. The summed E-state index contributed by atoms with van der Waals surface area (Å²) >= 11 is 0.862. The fraction of sp³-hybridized carbons (Fsp3) is 0.0909. The molecule has 1 aliphatic heterocycles. The summed E-state index contributed by atoms with van der Waals surface area (Å²) in [5.74, 6) is 1.92. The highest BCUT2D eigenvalue weighted by molar-refractivity contribution is 8.18. The van der Waals surface area contributed by atoms with Crippen LogP contribution >= 0.6 is 11.8 Å². The summed E-state index contributed by atoms with van der Waals surface area (Å²) in [6.07, 6.45) is 8.80. The maximum Gasteiger partial charge on any atom is 0.294 e. The molecule has 0 bridgehead atoms. The number of carbonyl (C=O) groups excluding carboxylic acids is 2. The summed E-state index contributed by atoms with van der Waals surface area (Å²) in [5, 5.41) is 11.6. The highest BCUT2D eigenvalue weighted by Gasteiger charge is 2.34. The summed E-state index contributed by atoms with van der Waals surface area (Å²) in [5.41, 5.74) is 2.51. The number of imide groups is 1. The molecule has 0 radical (unpaired) electrons. The second-order valence-corrected chi connectivity index (χ2v) is 7.62. The number of para-hydroxylation sites is 1. The standard InChI is InChI=1S/C22H15N3O4S/c1-2-10-24-21(26)20(30-22(24)27)12-16-14-23(19-9-4-3-8-18(16)19)13-15-6-5-7-17(11-15)25(28)29/h1,3-9,11-12,14H,10,13H2/b20-12+. The highest BCUT2D eigenvalue weighted by atomic mass is 32.2. The minimum Gasteiger partial charge on any atom is -0.342 e. The Kier molecular flexibility index (Phi) is 5.12. The molecule has 8 heteroatoms. The van der Waals surface area contributed by atoms with E-state index in [-0.39, 0.29) is 17.5 Å². The molecule has 1 saturated heterocycles. The van der Waals surface area contributed by atoms with Crippen molar-refractivity contribution in [3.63, 3.8) is 0 Å². The number of thioether (sulfide) groups is 1. The van der Waals surface area contributed by atoms with Gasteiger partial charge < -0.3 is 4.57 Å². The fourth-order valence-electron chi connectivity index (χ4n) is 3.35. The molecule has 148 valence electrons. The van der Waals surface area contributed by atoms with Gasteiger partial charge in [-0.15, -0.1) is 6.42 Å². The molecule has 3 aromatic rings. The molecule has 30 heavy (non-hydrogen) atoms. The number of aromatic nitrogens is 1. The quantitative estimate of drug-likeness (QED) is 0.268. The molecule has 2 heterocycles. The van der Waals surface area contributed by atoms with Crippen LogP contribution in [-0.4, -0.2) is 32.1 Å². The molecular formula is C22H15N3O4S. The number of nitro groups is 1. The number of non-ortho nitro benzene ring substituents is 1. The molecule has 1 aliphatic rings. The highest BCUT2D eigenvalue weighted by Crippen LogP contribution is 2.34. The predicted molar refractivity (Wildman–Crippen MR) is 116 cm³/mol. The van der Waals surface area contributed by atoms with E-state index in [0.717, 1.165) is 38.7 Å². The molecule has 0 aliphatic carbocycles. The third-order valence-electron chi connectivity index (χ3n) is 4.70. The van der Waals surface area contributed by atoms with E-state index < -0.39 is 10.8 Å². The minimum absolute atomic E-state index is 0.0337. The number of nitrogens with zero attached hydrogens (tertiary/aromatic N) is 3. The Labute approximate surface area is 176 Å². The summed E-state index contributed by atoms with van der Waals surface area (Å²) in [6, 6.07) is 14.1. The Morgan fingerprint density at radius 1 is 1.17 bits per heavy atom. The monoisotopic (exact) mass is 417 g/mol. The molecular weight excluding hydrogens is 402 g/mol. The Morgan fingerprint density at radius 3 is 2.73 bits per heavy atom. The van der Waals surface area contributed by atoms with Crippen molar-refractivity contribution in [2.45, 2.75) is 6.54 Å². The number of carbonyl (C=O) groups is 2. The molecule has 0 saturated carbocycles. The van der Waals surface area contributed by atoms with Crippen molar-refractivity contribution in [3.05, 3.63) is 80.9 Å². The van der Waals surface area contributed by atoms with Gasteiger partial charge in [0, 0.05) is 41.3 Å². The van der Waals surface area contributed by atoms with E-state index in [2.05, 4.69) is 5.92 Å². The van der Waals surface area contributed by atoms with Crippen LogP contribution in [0.2, 0.25) is 0 Å². The van der Waals surface area contributed by atoms with E-state index >= 15 is 0 Å². The zero-order valence-corrected chi connectivity index (χ0v) is 16.5. The smallest absolute Gasteiger partial charge is 0.294 e. The normalized spacial score (nSPS) is 15.2. The molecule has 7 nitrogen and oxygen atoms in total. The van der Waals surface area contributed by atoms with Gasteiger partial charge in [0.05, 0.1) is 16.4 Å². The second-order valence-electron chi connectivity index (χ2n) is 6.63. The molecule has 0 N–H and O–H groups in total. The van der Waals surface area contributed by atoms with Crippen LogP contribution in [0.3, 0.4) is 0 Å². The van der Waals surface area contributed by atoms with Crippen LogP contribution in [0, 0.1) is 22.5 Å². The average molecular weight is 417 g/mol. The van der Waals surface area contributed by atoms with Crippen molar-refractivity contribution in [2.24, 2.45) is 0 Å². The van der Waals surface area contributed by atoms with Crippen LogP contribution in [-0.2, 0) is 11.3 Å². The first kappa shape index (κ1) is 19.5. The number of rotatable bonds is 5. The zero-order valence-electron chi connectivity index (χ0n) is 15.6. The predicted octanol–water partition coefficient (Wildman–Crippen LogP) is 4.27. The minimum atomic E-state index is -0.422. The van der Waals surface area contributed by atoms with Gasteiger partial charge in [0.1, 0.15) is 0 Å². The van der Waals surface area contributed by atoms with Gasteiger partial charge in [-0.05, 0) is 29.5 Å². The fourth-order valence-corrected chi connectivity index (χ4v) is 4.18. The lowest BCUT2D eigenvalue weighted by atomic mass is 10.1. The first-order valence-electron chi connectivity index (χ1n) is 8.98. The summed E-state index contributed by atoms with van der Waals surface area (Å²) in [4.78, 5) is 36.5. The number of hydrogen-bond donors (Lipinski definition) is 0. The summed E-state index contributed by atoms with van der Waals surface area (Å²) < 4.78 is 1.96. The van der Waals surface area contributed by atoms with Gasteiger partial charge in [0.25, 0.3) is 16.8 Å². The van der Waals surface area contributed by atoms with E-state index in [1.54, 1.807) is 18.2 Å². The van der Waals surface area contributed by atoms with Gasteiger partial charge in [0.15, 0.2) is 0 Å². The van der Waals surface area contributed by atoms with Crippen LogP contribution in [0.1, 0.15) is 11.1 Å². The Hall–Kier alpha value is -3.83. The third kappa shape index (κ3) is 3.58. The average Bonchev–Trinajstić information content (AvgIpc) is 3.21. The van der Waals surface area contributed by atoms with Crippen molar-refractivity contribution >= 4 is 45.6 Å². The van der Waals surface area contributed by atoms with Gasteiger partial charge >= 0.3 is 0 Å². The lowest BCUT2D eigenvalue weighted by Crippen LogP contribution is -2.28. The van der Waals surface area contributed by atoms with Crippen LogP contribution in [0.15, 0.2) is 59.6 Å². The number of terminal acetylenes is 1. The molecule has 2 aromatic carbocycles. The number of hydrogen-bond acceptors (Lipinski definition) is 5. The van der Waals surface area contributed by atoms with Crippen LogP contribution < -0.4 is 0 Å². The van der Waals surface area contributed by atoms with Crippen LogP contribution in [0.5, 0.6) is 0 Å². The maximum absolute atomic E-state index is 12.5. The van der Waals surface area contributed by atoms with Gasteiger partial charge in [-0.25, -0.2) is 0 Å². The SMILES string of the molecule is C#CCN1C(=O)S/C(=C/c2cn(Cc3cccc([N+](=O)[O-])c3)c3ccccc23)C1=O. The lowest BCUT2D eigenvalue weighted by Gasteiger charge is -2.06. The van der Waals surface area contributed by atoms with Crippen LogP contribution in [0.25, 0.3) is 17.0 Å². The van der Waals surface area contributed by atoms with E-state index in [4.69, 9.17) is 6.42 Å². The van der Waals surface area contributed by atoms with E-state index in [1.807, 2.05) is 41.1 Å². The summed E-state index contributed by atoms with van der Waals surface area (Å²) in [6.45, 7) is 0.366. The number of amides is 2. The zero-order chi connectivity index (χ0) is 21.3. The van der Waals surface area contributed by atoms with Crippen molar-refractivity contribution in [3.8, 4) is 12.3 Å². The molecule has 1 fully saturated rings. The Balaban J connectivity index is 1.73. The molecule has 0 spiro atoms. The van der Waals surface area contributed by atoms with E-state index in [1.165, 1.54) is 6.07 Å². The number of nitro benzene ring substituents is 1. The molecule has 1 aromatic heterocycles. The molecule has 2 amide bonds. The van der Waals surface area contributed by atoms with E-state index in [9.17, 15) is 19.7 Å². The van der Waals surface area contributed by atoms with Crippen LogP contribution in [0.4, 0.5) is 10.5 Å². The topological polar surface area (TPSA) is 85.4 Å². The van der Waals surface area contributed by atoms with Crippen molar-refractivity contribution in [1.29, 1.82) is 0 Å². The number of benzene rings is 2. The Morgan fingerprint density at radius 2 is 1.97 bits per heavy atom. The largest absolute Gasteiger partial charge is 0.342 e. The lowest BCUT2D eigenvalue weighted by molar-refractivity contribution is -0.384. The van der Waals surface area contributed by atoms with Crippen molar-refractivity contribution in [1.82, 2.24) is 9.47 Å². The molecule has 0 atom stereocenters. The second kappa shape index (κ2) is 7.89. The van der Waals surface area contributed by atoms with Crippen molar-refractivity contribution < 1.29 is 14.5 Å². The number of fused-ring (bicyclic) bond motifs is 1. The van der Waals surface area contributed by atoms with Gasteiger partial charge in [0.2, 0.25) is 0 Å². The van der Waals surface area contributed by atoms with E-state index in [0.29, 0.717) is 11.4 Å². The van der Waals surface area contributed by atoms with Gasteiger partial charge in [-0.3, -0.25) is 24.6 Å². The summed E-state index contributed by atoms with van der Waals surface area (Å²) in [7, 11) is 0. The maximum atomic E-state index is 12.5. The molecule has 4 rings (SSSR count). The molecule has 0 unspecified atom stereocenters. The van der Waals surface area contributed by atoms with Crippen molar-refractivity contribution in [2.75, 3.05) is 6.54 Å². The first-order valence-corrected chi connectivity index (χ1v) is 9.79. The van der Waals surface area contributed by atoms with Gasteiger partial charge in [-0.1, -0.05) is 36.3 Å².